The molecule has 5 nitrogen and oxygen atoms in total. The van der Waals surface area contributed by atoms with Crippen LogP contribution in [0.4, 0.5) is 13.2 Å². The van der Waals surface area contributed by atoms with Crippen LogP contribution in [0.2, 0.25) is 0 Å². The van der Waals surface area contributed by atoms with Crippen LogP contribution in [0.15, 0.2) is 77.7 Å². The van der Waals surface area contributed by atoms with Gasteiger partial charge < -0.3 is 9.30 Å². The zero-order valence-corrected chi connectivity index (χ0v) is 18.0. The predicted octanol–water partition coefficient (Wildman–Crippen LogP) is 5.40. The van der Waals surface area contributed by atoms with Gasteiger partial charge in [0.2, 0.25) is 10.0 Å². The van der Waals surface area contributed by atoms with Crippen LogP contribution >= 0.6 is 0 Å². The van der Waals surface area contributed by atoms with E-state index in [9.17, 15) is 21.6 Å². The molecule has 4 rings (SSSR count). The lowest BCUT2D eigenvalue weighted by Gasteiger charge is -2.18. The number of hydrogen-bond donors (Lipinski definition) is 0. The van der Waals surface area contributed by atoms with Gasteiger partial charge >= 0.3 is 6.36 Å². The number of nitrogens with zero attached hydrogens (tertiary/aromatic N) is 2. The Hall–Kier alpha value is -3.04. The minimum absolute atomic E-state index is 0.0913. The Balaban J connectivity index is 1.47. The number of ether oxygens (including phenoxy) is 1. The Morgan fingerprint density at radius 1 is 0.875 bits per heavy atom. The molecule has 0 fully saturated rings. The van der Waals surface area contributed by atoms with Gasteiger partial charge in [-0.1, -0.05) is 36.4 Å². The van der Waals surface area contributed by atoms with E-state index in [0.29, 0.717) is 13.0 Å². The first-order chi connectivity index (χ1) is 15.2. The highest BCUT2D eigenvalue weighted by atomic mass is 32.2. The number of hydrogen-bond acceptors (Lipinski definition) is 3. The molecule has 0 saturated carbocycles. The number of halogens is 3. The molecule has 0 aliphatic rings. The van der Waals surface area contributed by atoms with E-state index in [1.54, 1.807) is 0 Å². The van der Waals surface area contributed by atoms with E-state index in [-0.39, 0.29) is 11.4 Å². The quantitative estimate of drug-likeness (QED) is 0.369. The van der Waals surface area contributed by atoms with Crippen molar-refractivity contribution in [1.82, 2.24) is 8.87 Å². The Kier molecular flexibility index (Phi) is 5.87. The molecular formula is C23H21F3N2O3S. The second-order valence-electron chi connectivity index (χ2n) is 7.39. The van der Waals surface area contributed by atoms with Gasteiger partial charge in [-0.15, -0.1) is 13.2 Å². The summed E-state index contributed by atoms with van der Waals surface area (Å²) in [4.78, 5) is -0.0913. The number of para-hydroxylation sites is 2. The van der Waals surface area contributed by atoms with Gasteiger partial charge in [-0.05, 0) is 42.8 Å². The predicted molar refractivity (Wildman–Crippen MR) is 117 cm³/mol. The van der Waals surface area contributed by atoms with E-state index >= 15 is 0 Å². The van der Waals surface area contributed by atoms with Crippen molar-refractivity contribution in [3.05, 3.63) is 72.8 Å². The highest BCUT2D eigenvalue weighted by Crippen LogP contribution is 2.29. The van der Waals surface area contributed by atoms with Gasteiger partial charge in [-0.2, -0.15) is 0 Å². The molecule has 32 heavy (non-hydrogen) atoms. The molecule has 0 amide bonds. The summed E-state index contributed by atoms with van der Waals surface area (Å²) in [7, 11) is -2.38. The lowest BCUT2D eigenvalue weighted by Crippen LogP contribution is -2.28. The number of alkyl halides is 3. The van der Waals surface area contributed by atoms with Crippen LogP contribution in [0.5, 0.6) is 5.75 Å². The van der Waals surface area contributed by atoms with Crippen molar-refractivity contribution in [2.45, 2.75) is 24.2 Å². The van der Waals surface area contributed by atoms with Crippen molar-refractivity contribution < 1.29 is 26.3 Å². The van der Waals surface area contributed by atoms with E-state index in [4.69, 9.17) is 0 Å². The molecule has 3 aromatic carbocycles. The van der Waals surface area contributed by atoms with Gasteiger partial charge in [0.15, 0.2) is 0 Å². The highest BCUT2D eigenvalue weighted by molar-refractivity contribution is 7.89. The molecule has 0 spiro atoms. The second kappa shape index (κ2) is 8.48. The fourth-order valence-corrected chi connectivity index (χ4v) is 5.02. The summed E-state index contributed by atoms with van der Waals surface area (Å²) in [6.07, 6.45) is -4.27. The fraction of sp³-hybridized carbons (Fsp3) is 0.217. The van der Waals surface area contributed by atoms with Crippen LogP contribution in [0.25, 0.3) is 21.8 Å². The van der Waals surface area contributed by atoms with Crippen molar-refractivity contribution in [3.63, 3.8) is 0 Å². The van der Waals surface area contributed by atoms with Gasteiger partial charge in [-0.25, -0.2) is 12.7 Å². The van der Waals surface area contributed by atoms with Gasteiger partial charge in [0, 0.05) is 41.9 Å². The van der Waals surface area contributed by atoms with E-state index in [2.05, 4.69) is 21.4 Å². The Morgan fingerprint density at radius 2 is 1.41 bits per heavy atom. The molecule has 0 bridgehead atoms. The molecule has 0 radical (unpaired) electrons. The highest BCUT2D eigenvalue weighted by Gasteiger charge is 2.31. The zero-order chi connectivity index (χ0) is 22.9. The van der Waals surface area contributed by atoms with E-state index < -0.39 is 22.1 Å². The summed E-state index contributed by atoms with van der Waals surface area (Å²) in [5.74, 6) is -0.467. The third-order valence-electron chi connectivity index (χ3n) is 5.30. The molecule has 0 atom stereocenters. The van der Waals surface area contributed by atoms with Gasteiger partial charge in [-0.3, -0.25) is 0 Å². The third-order valence-corrected chi connectivity index (χ3v) is 7.17. The van der Waals surface area contributed by atoms with Crippen LogP contribution in [-0.4, -0.2) is 37.2 Å². The molecule has 1 heterocycles. The van der Waals surface area contributed by atoms with Gasteiger partial charge in [0.25, 0.3) is 0 Å². The van der Waals surface area contributed by atoms with Crippen molar-refractivity contribution in [2.24, 2.45) is 0 Å². The molecule has 0 saturated heterocycles. The second-order valence-corrected chi connectivity index (χ2v) is 9.43. The first kappa shape index (κ1) is 22.2. The Bertz CT molecular complexity index is 1290. The monoisotopic (exact) mass is 462 g/mol. The molecular weight excluding hydrogens is 441 g/mol. The number of fused-ring (bicyclic) bond motifs is 3. The number of rotatable bonds is 7. The number of aromatic nitrogens is 1. The number of sulfonamides is 1. The smallest absolute Gasteiger partial charge is 0.406 e. The summed E-state index contributed by atoms with van der Waals surface area (Å²) >= 11 is 0. The maximum atomic E-state index is 12.8. The summed E-state index contributed by atoms with van der Waals surface area (Å²) < 4.78 is 69.7. The van der Waals surface area contributed by atoms with Gasteiger partial charge in [0.05, 0.1) is 4.90 Å². The number of benzene rings is 3. The summed E-state index contributed by atoms with van der Waals surface area (Å²) in [5, 5.41) is 2.29. The molecule has 1 aromatic heterocycles. The van der Waals surface area contributed by atoms with Crippen molar-refractivity contribution in [3.8, 4) is 5.75 Å². The fourth-order valence-electron chi connectivity index (χ4n) is 3.81. The zero-order valence-electron chi connectivity index (χ0n) is 17.2. The van der Waals surface area contributed by atoms with Crippen LogP contribution < -0.4 is 4.74 Å². The van der Waals surface area contributed by atoms with Gasteiger partial charge in [0.1, 0.15) is 5.75 Å². The van der Waals surface area contributed by atoms with Crippen molar-refractivity contribution in [2.75, 3.05) is 13.6 Å². The molecule has 168 valence electrons. The molecule has 0 aliphatic carbocycles. The maximum Gasteiger partial charge on any atom is 0.573 e. The lowest BCUT2D eigenvalue weighted by molar-refractivity contribution is -0.274. The van der Waals surface area contributed by atoms with Crippen LogP contribution in [0.3, 0.4) is 0 Å². The van der Waals surface area contributed by atoms with Crippen molar-refractivity contribution >= 4 is 31.8 Å². The van der Waals surface area contributed by atoms with Crippen molar-refractivity contribution in [1.29, 1.82) is 0 Å². The minimum atomic E-state index is -4.83. The molecule has 0 N–H and O–H groups in total. The van der Waals surface area contributed by atoms with Crippen LogP contribution in [-0.2, 0) is 16.6 Å². The molecule has 0 unspecified atom stereocenters. The Morgan fingerprint density at radius 3 is 1.94 bits per heavy atom. The largest absolute Gasteiger partial charge is 0.573 e. The normalized spacial score (nSPS) is 12.7. The van der Waals surface area contributed by atoms with Crippen LogP contribution in [0, 0.1) is 0 Å². The molecule has 0 aliphatic heterocycles. The average Bonchev–Trinajstić information content (AvgIpc) is 3.07. The lowest BCUT2D eigenvalue weighted by atomic mass is 10.2. The number of aryl methyl sites for hydroxylation is 1. The molecule has 9 heteroatoms. The standard InChI is InChI=1S/C23H21F3N2O3S/c1-27(32(29,30)18-13-11-17(12-14-18)31-23(24,25)26)15-6-16-28-21-9-4-2-7-19(21)20-8-3-5-10-22(20)28/h2-5,7-14H,6,15-16H2,1H3. The third kappa shape index (κ3) is 4.44. The molecule has 4 aromatic rings. The summed E-state index contributed by atoms with van der Waals surface area (Å²) in [5.41, 5.74) is 2.17. The first-order valence-electron chi connectivity index (χ1n) is 9.95. The minimum Gasteiger partial charge on any atom is -0.406 e. The van der Waals surface area contributed by atoms with E-state index in [0.717, 1.165) is 46.1 Å². The summed E-state index contributed by atoms with van der Waals surface area (Å²) in [6.45, 7) is 0.871. The maximum absolute atomic E-state index is 12.8. The summed E-state index contributed by atoms with van der Waals surface area (Å²) in [6, 6.07) is 20.4. The van der Waals surface area contributed by atoms with E-state index in [1.807, 2.05) is 36.4 Å². The Labute approximate surface area is 183 Å². The van der Waals surface area contributed by atoms with Crippen LogP contribution in [0.1, 0.15) is 6.42 Å². The SMILES string of the molecule is CN(CCCn1c2ccccc2c2ccccc21)S(=O)(=O)c1ccc(OC(F)(F)F)cc1. The van der Waals surface area contributed by atoms with E-state index in [1.165, 1.54) is 11.4 Å². The first-order valence-corrected chi connectivity index (χ1v) is 11.4. The topological polar surface area (TPSA) is 51.5 Å². The average molecular weight is 462 g/mol.